The van der Waals surface area contributed by atoms with Gasteiger partial charge >= 0.3 is 5.97 Å². The van der Waals surface area contributed by atoms with E-state index in [1.807, 2.05) is 36.4 Å². The molecule has 6 heteroatoms. The van der Waals surface area contributed by atoms with Crippen LogP contribution in [0.4, 0.5) is 10.1 Å². The first-order valence-electron chi connectivity index (χ1n) is 8.22. The molecule has 0 aliphatic carbocycles. The summed E-state index contributed by atoms with van der Waals surface area (Å²) in [6, 6.07) is 21.5. The third-order valence-electron chi connectivity index (χ3n) is 4.15. The number of ketones is 1. The zero-order valence-electron chi connectivity index (χ0n) is 14.2. The first-order valence-corrected chi connectivity index (χ1v) is 8.22. The van der Waals surface area contributed by atoms with E-state index >= 15 is 0 Å². The largest absolute Gasteiger partial charge is 0.475 e. The molecule has 27 heavy (non-hydrogen) atoms. The van der Waals surface area contributed by atoms with E-state index in [1.165, 1.54) is 0 Å². The first-order chi connectivity index (χ1) is 13.0. The Kier molecular flexibility index (Phi) is 5.26. The molecule has 3 aromatic carbocycles. The van der Waals surface area contributed by atoms with E-state index in [1.54, 1.807) is 36.4 Å². The fraction of sp³-hybridized carbons (Fsp3) is 0.0952. The van der Waals surface area contributed by atoms with Crippen LogP contribution in [0.15, 0.2) is 72.8 Å². The second-order valence-corrected chi connectivity index (χ2v) is 5.97. The highest BCUT2D eigenvalue weighted by atomic mass is 19.1. The van der Waals surface area contributed by atoms with Crippen molar-refractivity contribution in [1.82, 2.24) is 0 Å². The molecule has 0 fully saturated rings. The zero-order valence-corrected chi connectivity index (χ0v) is 14.2. The van der Waals surface area contributed by atoms with E-state index in [2.05, 4.69) is 0 Å². The first kappa shape index (κ1) is 18.3. The molecule has 1 unspecified atom stereocenters. The van der Waals surface area contributed by atoms with E-state index in [0.29, 0.717) is 5.69 Å². The maximum absolute atomic E-state index is 14.2. The van der Waals surface area contributed by atoms with Gasteiger partial charge in [0.25, 0.3) is 11.7 Å². The molecule has 1 amide bonds. The van der Waals surface area contributed by atoms with Gasteiger partial charge in [0.2, 0.25) is 6.17 Å². The number of fused-ring (bicyclic) bond motifs is 1. The topological polar surface area (TPSA) is 74.7 Å². The summed E-state index contributed by atoms with van der Waals surface area (Å²) in [6.07, 6.45) is -2.76. The Hall–Kier alpha value is -3.54. The number of carbonyl (C=O) groups excluding carboxylic acids is 2. The highest BCUT2D eigenvalue weighted by Gasteiger charge is 2.35. The molecule has 0 aliphatic heterocycles. The molecule has 0 spiro atoms. The third kappa shape index (κ3) is 4.00. The Morgan fingerprint density at radius 2 is 1.52 bits per heavy atom. The van der Waals surface area contributed by atoms with Crippen LogP contribution >= 0.6 is 0 Å². The second-order valence-electron chi connectivity index (χ2n) is 5.97. The highest BCUT2D eigenvalue weighted by Crippen LogP contribution is 2.22. The number of rotatable bonds is 6. The predicted molar refractivity (Wildman–Crippen MR) is 99.1 cm³/mol. The molecule has 5 nitrogen and oxygen atoms in total. The summed E-state index contributed by atoms with van der Waals surface area (Å²) in [6.45, 7) is 0.000992. The smallest absolute Gasteiger partial charge is 0.375 e. The van der Waals surface area contributed by atoms with Crippen molar-refractivity contribution in [1.29, 1.82) is 0 Å². The van der Waals surface area contributed by atoms with Gasteiger partial charge in [0.05, 0.1) is 6.54 Å². The summed E-state index contributed by atoms with van der Waals surface area (Å²) in [7, 11) is 0. The van der Waals surface area contributed by atoms with E-state index < -0.39 is 23.8 Å². The van der Waals surface area contributed by atoms with Gasteiger partial charge in [0, 0.05) is 5.69 Å². The molecule has 1 atom stereocenters. The molecule has 136 valence electrons. The molecule has 0 aromatic heterocycles. The van der Waals surface area contributed by atoms with E-state index in [9.17, 15) is 18.8 Å². The zero-order chi connectivity index (χ0) is 19.4. The van der Waals surface area contributed by atoms with Crippen LogP contribution in [0.1, 0.15) is 5.56 Å². The lowest BCUT2D eigenvalue weighted by Crippen LogP contribution is -2.43. The lowest BCUT2D eigenvalue weighted by atomic mass is 10.1. The van der Waals surface area contributed by atoms with Gasteiger partial charge in [-0.3, -0.25) is 9.59 Å². The minimum atomic E-state index is -2.76. The van der Waals surface area contributed by atoms with Crippen LogP contribution in [0.25, 0.3) is 10.8 Å². The molecule has 1 N–H and O–H groups in total. The number of hydrogen-bond donors (Lipinski definition) is 1. The van der Waals surface area contributed by atoms with Gasteiger partial charge in [-0.1, -0.05) is 54.6 Å². The number of aliphatic carboxylic acids is 1. The van der Waals surface area contributed by atoms with Crippen molar-refractivity contribution >= 4 is 34.1 Å². The van der Waals surface area contributed by atoms with Gasteiger partial charge in [-0.15, -0.1) is 0 Å². The summed E-state index contributed by atoms with van der Waals surface area (Å²) in [5.41, 5.74) is 1.09. The number of alkyl halides is 1. The molecule has 0 heterocycles. The van der Waals surface area contributed by atoms with Crippen LogP contribution < -0.4 is 4.90 Å². The van der Waals surface area contributed by atoms with E-state index in [4.69, 9.17) is 5.11 Å². The van der Waals surface area contributed by atoms with E-state index in [0.717, 1.165) is 21.2 Å². The van der Waals surface area contributed by atoms with Crippen LogP contribution in [-0.4, -0.2) is 28.9 Å². The Labute approximate surface area is 154 Å². The molecule has 0 radical (unpaired) electrons. The monoisotopic (exact) mass is 365 g/mol. The normalized spacial score (nSPS) is 11.7. The number of amides is 1. The predicted octanol–water partition coefficient (Wildman–Crippen LogP) is 3.36. The highest BCUT2D eigenvalue weighted by molar-refractivity contribution is 6.39. The van der Waals surface area contributed by atoms with Crippen LogP contribution in [-0.2, 0) is 20.9 Å². The maximum atomic E-state index is 14.2. The average Bonchev–Trinajstić information content (AvgIpc) is 2.70. The Morgan fingerprint density at radius 3 is 2.19 bits per heavy atom. The van der Waals surface area contributed by atoms with Crippen LogP contribution in [0.5, 0.6) is 0 Å². The number of Topliss-reactive ketones (excluding diaryl/α,β-unsaturated/α-hetero) is 1. The van der Waals surface area contributed by atoms with Gasteiger partial charge in [-0.2, -0.15) is 0 Å². The standard InChI is InChI=1S/C21H16FNO4/c22-18(19(24)21(26)27)20(25)23(17-8-2-1-3-9-17)13-14-10-11-15-6-4-5-7-16(15)12-14/h1-12,18H,13H2,(H,26,27). The molecular formula is C21H16FNO4. The number of carboxylic acids is 1. The van der Waals surface area contributed by atoms with Crippen LogP contribution in [0.2, 0.25) is 0 Å². The quantitative estimate of drug-likeness (QED) is 0.537. The number of anilines is 1. The average molecular weight is 365 g/mol. The van der Waals surface area contributed by atoms with Gasteiger partial charge in [-0.05, 0) is 34.5 Å². The summed E-state index contributed by atoms with van der Waals surface area (Å²) >= 11 is 0. The van der Waals surface area contributed by atoms with Gasteiger partial charge in [0.1, 0.15) is 0 Å². The number of benzene rings is 3. The Bertz CT molecular complexity index is 1000. The minimum Gasteiger partial charge on any atom is -0.475 e. The number of nitrogens with zero attached hydrogens (tertiary/aromatic N) is 1. The number of carbonyl (C=O) groups is 3. The molecule has 0 aliphatic rings. The van der Waals surface area contributed by atoms with Gasteiger partial charge in [0.15, 0.2) is 0 Å². The SMILES string of the molecule is O=C(O)C(=O)C(F)C(=O)N(Cc1ccc2ccccc2c1)c1ccccc1. The fourth-order valence-electron chi connectivity index (χ4n) is 2.78. The summed E-state index contributed by atoms with van der Waals surface area (Å²) < 4.78 is 14.2. The van der Waals surface area contributed by atoms with Crippen molar-refractivity contribution < 1.29 is 23.9 Å². The molecule has 3 aromatic rings. The molecule has 0 saturated heterocycles. The molecule has 0 bridgehead atoms. The summed E-state index contributed by atoms with van der Waals surface area (Å²) in [4.78, 5) is 35.8. The fourth-order valence-corrected chi connectivity index (χ4v) is 2.78. The minimum absolute atomic E-state index is 0.000992. The maximum Gasteiger partial charge on any atom is 0.375 e. The molecular weight excluding hydrogens is 349 g/mol. The number of halogens is 1. The van der Waals surface area contributed by atoms with Crippen molar-refractivity contribution in [3.63, 3.8) is 0 Å². The Morgan fingerprint density at radius 1 is 0.889 bits per heavy atom. The van der Waals surface area contributed by atoms with Crippen LogP contribution in [0, 0.1) is 0 Å². The van der Waals surface area contributed by atoms with Crippen LogP contribution in [0.3, 0.4) is 0 Å². The van der Waals surface area contributed by atoms with Gasteiger partial charge < -0.3 is 10.0 Å². The summed E-state index contributed by atoms with van der Waals surface area (Å²) in [5, 5.41) is 10.7. The van der Waals surface area contributed by atoms with E-state index in [-0.39, 0.29) is 6.54 Å². The van der Waals surface area contributed by atoms with Gasteiger partial charge in [-0.25, -0.2) is 9.18 Å². The van der Waals surface area contributed by atoms with Crippen molar-refractivity contribution in [3.05, 3.63) is 78.4 Å². The van der Waals surface area contributed by atoms with Crippen molar-refractivity contribution in [2.45, 2.75) is 12.7 Å². The number of carboxylic acid groups (broad SMARTS) is 1. The summed E-state index contributed by atoms with van der Waals surface area (Å²) in [5.74, 6) is -4.96. The van der Waals surface area contributed by atoms with Crippen molar-refractivity contribution in [2.24, 2.45) is 0 Å². The molecule has 0 saturated carbocycles. The second kappa shape index (κ2) is 7.78. The lowest BCUT2D eigenvalue weighted by Gasteiger charge is -2.24. The number of para-hydroxylation sites is 1. The van der Waals surface area contributed by atoms with Crippen molar-refractivity contribution in [2.75, 3.05) is 4.90 Å². The Balaban J connectivity index is 1.95. The third-order valence-corrected chi connectivity index (χ3v) is 4.15. The molecule has 3 rings (SSSR count). The van der Waals surface area contributed by atoms with Crippen molar-refractivity contribution in [3.8, 4) is 0 Å². The number of hydrogen-bond acceptors (Lipinski definition) is 3. The lowest BCUT2D eigenvalue weighted by molar-refractivity contribution is -0.153.